The van der Waals surface area contributed by atoms with Gasteiger partial charge in [0.05, 0.1) is 10.6 Å². The molecule has 1 fully saturated rings. The molecule has 0 atom stereocenters. The van der Waals surface area contributed by atoms with E-state index in [1.165, 1.54) is 48.2 Å². The summed E-state index contributed by atoms with van der Waals surface area (Å²) in [6.45, 7) is 1.84. The van der Waals surface area contributed by atoms with Gasteiger partial charge in [-0.15, -0.1) is 0 Å². The summed E-state index contributed by atoms with van der Waals surface area (Å²) in [5, 5.41) is 11.2. The van der Waals surface area contributed by atoms with Gasteiger partial charge in [-0.05, 0) is 31.5 Å². The molecule has 27 heavy (non-hydrogen) atoms. The lowest BCUT2D eigenvalue weighted by molar-refractivity contribution is -0.385. The first kappa shape index (κ1) is 18.5. The van der Waals surface area contributed by atoms with Crippen LogP contribution in [0.1, 0.15) is 28.8 Å². The van der Waals surface area contributed by atoms with E-state index in [1.807, 2.05) is 0 Å². The second-order valence-corrected chi connectivity index (χ2v) is 6.29. The molecule has 0 radical (unpaired) electrons. The fraction of sp³-hybridized carbons (Fsp3) is 0.263. The van der Waals surface area contributed by atoms with Crippen LogP contribution in [0.15, 0.2) is 42.5 Å². The monoisotopic (exact) mass is 371 g/mol. The second kappa shape index (κ2) is 7.53. The Morgan fingerprint density at radius 2 is 2.00 bits per heavy atom. The van der Waals surface area contributed by atoms with Gasteiger partial charge >= 0.3 is 0 Å². The number of para-hydroxylation sites is 1. The van der Waals surface area contributed by atoms with Crippen molar-refractivity contribution in [1.82, 2.24) is 4.90 Å². The van der Waals surface area contributed by atoms with Crippen LogP contribution in [0.2, 0.25) is 0 Å². The van der Waals surface area contributed by atoms with Gasteiger partial charge in [0.2, 0.25) is 5.91 Å². The van der Waals surface area contributed by atoms with E-state index in [0.717, 1.165) is 4.90 Å². The fourth-order valence-corrected chi connectivity index (χ4v) is 3.14. The van der Waals surface area contributed by atoms with Gasteiger partial charge in [-0.2, -0.15) is 0 Å². The van der Waals surface area contributed by atoms with Crippen molar-refractivity contribution in [3.8, 4) is 0 Å². The Bertz CT molecular complexity index is 916. The molecule has 0 unspecified atom stereocenters. The molecule has 0 aromatic heterocycles. The molecule has 1 heterocycles. The van der Waals surface area contributed by atoms with Crippen LogP contribution in [-0.2, 0) is 4.79 Å². The molecule has 0 saturated carbocycles. The highest BCUT2D eigenvalue weighted by Crippen LogP contribution is 2.27. The van der Waals surface area contributed by atoms with Gasteiger partial charge < -0.3 is 4.90 Å². The van der Waals surface area contributed by atoms with Crippen molar-refractivity contribution in [2.24, 2.45) is 0 Å². The number of likely N-dealkylation sites (tertiary alicyclic amines) is 1. The molecule has 2 aromatic carbocycles. The minimum absolute atomic E-state index is 0.0214. The predicted octanol–water partition coefficient (Wildman–Crippen LogP) is 3.27. The van der Waals surface area contributed by atoms with E-state index in [4.69, 9.17) is 0 Å². The van der Waals surface area contributed by atoms with Crippen molar-refractivity contribution in [3.63, 3.8) is 0 Å². The SMILES string of the molecule is Cc1c(C(=O)N(CN2CCCC2=O)c2ccccc2F)cccc1[N+](=O)[O-]. The summed E-state index contributed by atoms with van der Waals surface area (Å²) in [6, 6.07) is 9.95. The largest absolute Gasteiger partial charge is 0.324 e. The number of nitro groups is 1. The Morgan fingerprint density at radius 1 is 1.26 bits per heavy atom. The molecule has 8 heteroatoms. The van der Waals surface area contributed by atoms with Crippen LogP contribution in [-0.4, -0.2) is 34.9 Å². The Hall–Kier alpha value is -3.29. The van der Waals surface area contributed by atoms with Crippen molar-refractivity contribution in [2.75, 3.05) is 18.1 Å². The van der Waals surface area contributed by atoms with Gasteiger partial charge in [-0.1, -0.05) is 18.2 Å². The van der Waals surface area contributed by atoms with Crippen LogP contribution in [0.5, 0.6) is 0 Å². The average Bonchev–Trinajstić information content (AvgIpc) is 3.04. The number of hydrogen-bond acceptors (Lipinski definition) is 4. The summed E-state index contributed by atoms with van der Waals surface area (Å²) in [7, 11) is 0. The van der Waals surface area contributed by atoms with Crippen molar-refractivity contribution >= 4 is 23.2 Å². The van der Waals surface area contributed by atoms with Crippen molar-refractivity contribution in [3.05, 3.63) is 69.5 Å². The highest BCUT2D eigenvalue weighted by Gasteiger charge is 2.29. The first-order valence-corrected chi connectivity index (χ1v) is 8.48. The third-order valence-corrected chi connectivity index (χ3v) is 4.60. The third kappa shape index (κ3) is 3.64. The van der Waals surface area contributed by atoms with Crippen LogP contribution in [0.3, 0.4) is 0 Å². The molecule has 2 amide bonds. The topological polar surface area (TPSA) is 83.8 Å². The van der Waals surface area contributed by atoms with E-state index in [0.29, 0.717) is 19.4 Å². The maximum atomic E-state index is 14.4. The molecule has 3 rings (SSSR count). The number of hydrogen-bond donors (Lipinski definition) is 0. The summed E-state index contributed by atoms with van der Waals surface area (Å²) >= 11 is 0. The summed E-state index contributed by atoms with van der Waals surface area (Å²) in [5.74, 6) is -1.32. The minimum atomic E-state index is -0.611. The number of amides is 2. The highest BCUT2D eigenvalue weighted by atomic mass is 19.1. The number of nitro benzene ring substituents is 1. The van der Waals surface area contributed by atoms with Crippen LogP contribution < -0.4 is 4.90 Å². The number of carbonyl (C=O) groups excluding carboxylic acids is 2. The molecule has 0 spiro atoms. The summed E-state index contributed by atoms with van der Waals surface area (Å²) in [5.41, 5.74) is 0.125. The summed E-state index contributed by atoms with van der Waals surface area (Å²) in [4.78, 5) is 38.4. The average molecular weight is 371 g/mol. The maximum absolute atomic E-state index is 14.4. The van der Waals surface area contributed by atoms with Gasteiger partial charge in [0.1, 0.15) is 12.5 Å². The maximum Gasteiger partial charge on any atom is 0.273 e. The molecule has 7 nitrogen and oxygen atoms in total. The highest BCUT2D eigenvalue weighted by molar-refractivity contribution is 6.07. The zero-order valence-corrected chi connectivity index (χ0v) is 14.7. The van der Waals surface area contributed by atoms with Crippen LogP contribution in [0.4, 0.5) is 15.8 Å². The van der Waals surface area contributed by atoms with Gasteiger partial charge in [-0.3, -0.25) is 24.6 Å². The lowest BCUT2D eigenvalue weighted by atomic mass is 10.1. The van der Waals surface area contributed by atoms with E-state index >= 15 is 0 Å². The minimum Gasteiger partial charge on any atom is -0.324 e. The molecule has 0 aliphatic carbocycles. The third-order valence-electron chi connectivity index (χ3n) is 4.60. The summed E-state index contributed by atoms with van der Waals surface area (Å²) < 4.78 is 14.4. The number of anilines is 1. The molecule has 1 saturated heterocycles. The fourth-order valence-electron chi connectivity index (χ4n) is 3.14. The lowest BCUT2D eigenvalue weighted by Gasteiger charge is -2.28. The summed E-state index contributed by atoms with van der Waals surface area (Å²) in [6.07, 6.45) is 1.06. The lowest BCUT2D eigenvalue weighted by Crippen LogP contribution is -2.43. The molecule has 2 aromatic rings. The number of carbonyl (C=O) groups is 2. The Morgan fingerprint density at radius 3 is 2.63 bits per heavy atom. The van der Waals surface area contributed by atoms with Gasteiger partial charge in [0.15, 0.2) is 0 Å². The molecule has 0 bridgehead atoms. The quantitative estimate of drug-likeness (QED) is 0.596. The smallest absolute Gasteiger partial charge is 0.273 e. The van der Waals surface area contributed by atoms with Crippen LogP contribution in [0, 0.1) is 22.9 Å². The zero-order valence-electron chi connectivity index (χ0n) is 14.7. The van der Waals surface area contributed by atoms with Crippen molar-refractivity contribution in [1.29, 1.82) is 0 Å². The van der Waals surface area contributed by atoms with Crippen LogP contribution >= 0.6 is 0 Å². The first-order valence-electron chi connectivity index (χ1n) is 8.48. The zero-order chi connectivity index (χ0) is 19.6. The number of benzene rings is 2. The number of nitrogens with zero attached hydrogens (tertiary/aromatic N) is 3. The molecule has 140 valence electrons. The first-order chi connectivity index (χ1) is 12.9. The van der Waals surface area contributed by atoms with Gasteiger partial charge in [0.25, 0.3) is 11.6 Å². The van der Waals surface area contributed by atoms with E-state index in [1.54, 1.807) is 6.07 Å². The van der Waals surface area contributed by atoms with Gasteiger partial charge in [0, 0.05) is 30.2 Å². The molecule has 1 aliphatic heterocycles. The molecule has 1 aliphatic rings. The number of halogens is 1. The van der Waals surface area contributed by atoms with E-state index in [9.17, 15) is 24.1 Å². The molecule has 0 N–H and O–H groups in total. The van der Waals surface area contributed by atoms with Gasteiger partial charge in [-0.25, -0.2) is 4.39 Å². The standard InChI is InChI=1S/C19H18FN3O4/c1-13-14(6-4-9-16(13)23(26)27)19(25)22(12-21-11-5-10-18(21)24)17-8-3-2-7-15(17)20/h2-4,6-9H,5,10-12H2,1H3. The Balaban J connectivity index is 2.04. The Kier molecular flexibility index (Phi) is 5.16. The van der Waals surface area contributed by atoms with E-state index in [-0.39, 0.29) is 35.1 Å². The van der Waals surface area contributed by atoms with E-state index < -0.39 is 16.6 Å². The normalized spacial score (nSPS) is 13.7. The second-order valence-electron chi connectivity index (χ2n) is 6.29. The van der Waals surface area contributed by atoms with E-state index in [2.05, 4.69) is 0 Å². The van der Waals surface area contributed by atoms with Crippen molar-refractivity contribution in [2.45, 2.75) is 19.8 Å². The van der Waals surface area contributed by atoms with Crippen molar-refractivity contribution < 1.29 is 18.9 Å². The Labute approximate surface area is 155 Å². The molecular formula is C19H18FN3O4. The van der Waals surface area contributed by atoms with Crippen LogP contribution in [0.25, 0.3) is 0 Å². The predicted molar refractivity (Wildman–Crippen MR) is 96.9 cm³/mol. The molecular weight excluding hydrogens is 353 g/mol. The number of rotatable bonds is 5.